The Bertz CT molecular complexity index is 1280. The third-order valence-electron chi connectivity index (χ3n) is 4.86. The summed E-state index contributed by atoms with van der Waals surface area (Å²) in [5, 5.41) is 14.1. The summed E-state index contributed by atoms with van der Waals surface area (Å²) in [6.07, 6.45) is 3.02. The molecule has 0 atom stereocenters. The van der Waals surface area contributed by atoms with Gasteiger partial charge in [0.15, 0.2) is 5.75 Å². The third kappa shape index (κ3) is 5.39. The fourth-order valence-corrected chi connectivity index (χ4v) is 3.67. The highest BCUT2D eigenvalue weighted by atomic mass is 35.5. The molecule has 0 saturated carbocycles. The quantitative estimate of drug-likeness (QED) is 0.308. The number of hydrogen-bond acceptors (Lipinski definition) is 5. The Morgan fingerprint density at radius 2 is 1.71 bits per heavy atom. The van der Waals surface area contributed by atoms with Gasteiger partial charge in [-0.1, -0.05) is 59.6 Å². The number of aromatic hydroxyl groups is 1. The predicted molar refractivity (Wildman–Crippen MR) is 131 cm³/mol. The molecule has 4 aromatic rings. The second-order valence-corrected chi connectivity index (χ2v) is 8.12. The van der Waals surface area contributed by atoms with Gasteiger partial charge >= 0.3 is 0 Å². The van der Waals surface area contributed by atoms with E-state index in [0.717, 1.165) is 11.3 Å². The first-order valence-corrected chi connectivity index (χ1v) is 11.0. The maximum absolute atomic E-state index is 13.1. The van der Waals surface area contributed by atoms with Gasteiger partial charge in [0.1, 0.15) is 17.8 Å². The van der Waals surface area contributed by atoms with Gasteiger partial charge in [-0.25, -0.2) is 9.67 Å². The lowest BCUT2D eigenvalue weighted by molar-refractivity contribution is 0.0750. The zero-order valence-electron chi connectivity index (χ0n) is 17.9. The molecule has 0 unspecified atom stereocenters. The summed E-state index contributed by atoms with van der Waals surface area (Å²) >= 11 is 12.0. The van der Waals surface area contributed by atoms with E-state index in [-0.39, 0.29) is 27.5 Å². The SMILES string of the molecule is C=CCN(Cc1ccc(Oc2ccccc2)cc1)C(=O)c1ncn(-c2cc(Cl)c(O)c(Cl)c2)n1. The van der Waals surface area contributed by atoms with Crippen molar-refractivity contribution in [3.63, 3.8) is 0 Å². The van der Waals surface area contributed by atoms with Crippen molar-refractivity contribution in [1.29, 1.82) is 0 Å². The Kier molecular flexibility index (Phi) is 7.15. The van der Waals surface area contributed by atoms with Crippen LogP contribution in [0.5, 0.6) is 17.2 Å². The van der Waals surface area contributed by atoms with Gasteiger partial charge in [-0.3, -0.25) is 4.79 Å². The first kappa shape index (κ1) is 23.4. The van der Waals surface area contributed by atoms with Crippen LogP contribution in [0.25, 0.3) is 5.69 Å². The number of hydrogen-bond donors (Lipinski definition) is 1. The molecule has 0 saturated heterocycles. The zero-order chi connectivity index (χ0) is 24.1. The van der Waals surface area contributed by atoms with Crippen LogP contribution >= 0.6 is 23.2 Å². The zero-order valence-corrected chi connectivity index (χ0v) is 19.4. The van der Waals surface area contributed by atoms with Gasteiger partial charge in [-0.15, -0.1) is 11.7 Å². The molecule has 1 aromatic heterocycles. The maximum atomic E-state index is 13.1. The second kappa shape index (κ2) is 10.4. The average molecular weight is 495 g/mol. The van der Waals surface area contributed by atoms with Crippen LogP contribution in [-0.2, 0) is 6.54 Å². The number of para-hydroxylation sites is 1. The molecule has 172 valence electrons. The summed E-state index contributed by atoms with van der Waals surface area (Å²) in [5.41, 5.74) is 1.37. The molecule has 0 spiro atoms. The van der Waals surface area contributed by atoms with Gasteiger partial charge < -0.3 is 14.7 Å². The molecular formula is C25H20Cl2N4O3. The van der Waals surface area contributed by atoms with E-state index in [1.807, 2.05) is 54.6 Å². The summed E-state index contributed by atoms with van der Waals surface area (Å²) in [4.78, 5) is 18.8. The lowest BCUT2D eigenvalue weighted by Crippen LogP contribution is -2.31. The smallest absolute Gasteiger partial charge is 0.294 e. The number of phenols is 1. The molecule has 0 fully saturated rings. The molecule has 0 radical (unpaired) electrons. The molecule has 0 aliphatic carbocycles. The molecule has 7 nitrogen and oxygen atoms in total. The number of carbonyl (C=O) groups excluding carboxylic acids is 1. The maximum Gasteiger partial charge on any atom is 0.294 e. The van der Waals surface area contributed by atoms with Crippen molar-refractivity contribution in [2.45, 2.75) is 6.54 Å². The fraction of sp³-hybridized carbons (Fsp3) is 0.0800. The Labute approximate surface area is 206 Å². The molecule has 3 aromatic carbocycles. The minimum Gasteiger partial charge on any atom is -0.505 e. The minimum absolute atomic E-state index is 0.00574. The summed E-state index contributed by atoms with van der Waals surface area (Å²) in [6.45, 7) is 4.39. The molecule has 9 heteroatoms. The number of phenolic OH excluding ortho intramolecular Hbond substituents is 1. The van der Waals surface area contributed by atoms with Crippen LogP contribution in [-0.4, -0.2) is 37.2 Å². The third-order valence-corrected chi connectivity index (χ3v) is 5.44. The van der Waals surface area contributed by atoms with E-state index in [2.05, 4.69) is 16.7 Å². The predicted octanol–water partition coefficient (Wildman–Crippen LogP) is 5.90. The summed E-state index contributed by atoms with van der Waals surface area (Å²) in [5.74, 6) is 0.867. The summed E-state index contributed by atoms with van der Waals surface area (Å²) in [7, 11) is 0. The van der Waals surface area contributed by atoms with Crippen LogP contribution < -0.4 is 4.74 Å². The fourth-order valence-electron chi connectivity index (χ4n) is 3.19. The van der Waals surface area contributed by atoms with Crippen molar-refractivity contribution >= 4 is 29.1 Å². The number of amides is 1. The molecule has 1 heterocycles. The summed E-state index contributed by atoms with van der Waals surface area (Å²) < 4.78 is 7.18. The van der Waals surface area contributed by atoms with Crippen LogP contribution in [0.2, 0.25) is 10.0 Å². The molecule has 34 heavy (non-hydrogen) atoms. The van der Waals surface area contributed by atoms with Gasteiger partial charge in [0, 0.05) is 13.1 Å². The van der Waals surface area contributed by atoms with Crippen molar-refractivity contribution in [2.75, 3.05) is 6.54 Å². The van der Waals surface area contributed by atoms with Gasteiger partial charge in [0.25, 0.3) is 5.91 Å². The second-order valence-electron chi connectivity index (χ2n) is 7.30. The van der Waals surface area contributed by atoms with E-state index in [0.29, 0.717) is 24.5 Å². The number of nitrogens with zero attached hydrogens (tertiary/aromatic N) is 4. The number of benzene rings is 3. The normalized spacial score (nSPS) is 10.6. The monoisotopic (exact) mass is 494 g/mol. The highest BCUT2D eigenvalue weighted by molar-refractivity contribution is 6.37. The standard InChI is InChI=1S/C25H20Cl2N4O3/c1-2-12-30(15-17-8-10-20(11-9-17)34-19-6-4-3-5-7-19)25(33)24-28-16-31(29-24)18-13-21(26)23(32)22(27)14-18/h2-11,13-14,16,32H,1,12,15H2. The van der Waals surface area contributed by atoms with Gasteiger partial charge in [0.05, 0.1) is 15.7 Å². The van der Waals surface area contributed by atoms with Crippen molar-refractivity contribution < 1.29 is 14.6 Å². The number of aromatic nitrogens is 3. The topological polar surface area (TPSA) is 80.5 Å². The highest BCUT2D eigenvalue weighted by Crippen LogP contribution is 2.33. The van der Waals surface area contributed by atoms with Gasteiger partial charge in [0.2, 0.25) is 5.82 Å². The minimum atomic E-state index is -0.362. The lowest BCUT2D eigenvalue weighted by atomic mass is 10.2. The van der Waals surface area contributed by atoms with Crippen molar-refractivity contribution in [1.82, 2.24) is 19.7 Å². The Morgan fingerprint density at radius 3 is 2.35 bits per heavy atom. The van der Waals surface area contributed by atoms with E-state index < -0.39 is 0 Å². The van der Waals surface area contributed by atoms with E-state index in [4.69, 9.17) is 27.9 Å². The number of carbonyl (C=O) groups is 1. The van der Waals surface area contributed by atoms with E-state index in [1.165, 1.54) is 23.1 Å². The first-order chi connectivity index (χ1) is 16.4. The summed E-state index contributed by atoms with van der Waals surface area (Å²) in [6, 6.07) is 19.9. The highest BCUT2D eigenvalue weighted by Gasteiger charge is 2.20. The Balaban J connectivity index is 1.48. The lowest BCUT2D eigenvalue weighted by Gasteiger charge is -2.20. The van der Waals surface area contributed by atoms with Crippen LogP contribution in [0.4, 0.5) is 0 Å². The number of rotatable bonds is 8. The molecule has 0 aliphatic heterocycles. The van der Waals surface area contributed by atoms with E-state index in [9.17, 15) is 9.90 Å². The van der Waals surface area contributed by atoms with Crippen molar-refractivity contribution in [3.8, 4) is 22.9 Å². The van der Waals surface area contributed by atoms with E-state index in [1.54, 1.807) is 11.0 Å². The molecule has 0 aliphatic rings. The molecule has 1 N–H and O–H groups in total. The van der Waals surface area contributed by atoms with Crippen LogP contribution in [0.3, 0.4) is 0 Å². The molecule has 0 bridgehead atoms. The molecule has 4 rings (SSSR count). The number of halogens is 2. The van der Waals surface area contributed by atoms with Gasteiger partial charge in [-0.2, -0.15) is 0 Å². The Hall–Kier alpha value is -3.81. The van der Waals surface area contributed by atoms with Crippen LogP contribution in [0.1, 0.15) is 16.2 Å². The Morgan fingerprint density at radius 1 is 1.06 bits per heavy atom. The largest absolute Gasteiger partial charge is 0.505 e. The van der Waals surface area contributed by atoms with Crippen LogP contribution in [0, 0.1) is 0 Å². The van der Waals surface area contributed by atoms with Crippen molar-refractivity contribution in [3.05, 3.63) is 107 Å². The molecular weight excluding hydrogens is 475 g/mol. The van der Waals surface area contributed by atoms with Crippen molar-refractivity contribution in [2.24, 2.45) is 0 Å². The first-order valence-electron chi connectivity index (χ1n) is 10.3. The molecule has 1 amide bonds. The average Bonchev–Trinajstić information content (AvgIpc) is 3.34. The number of ether oxygens (including phenoxy) is 1. The van der Waals surface area contributed by atoms with E-state index >= 15 is 0 Å². The van der Waals surface area contributed by atoms with Gasteiger partial charge in [-0.05, 0) is 42.0 Å². The van der Waals surface area contributed by atoms with Crippen LogP contribution in [0.15, 0.2) is 85.7 Å².